The molecule has 0 heterocycles. The van der Waals surface area contributed by atoms with E-state index >= 15 is 0 Å². The van der Waals surface area contributed by atoms with Crippen LogP contribution in [0.1, 0.15) is 428 Å². The van der Waals surface area contributed by atoms with Gasteiger partial charge in [-0.1, -0.05) is 435 Å². The zero-order valence-corrected chi connectivity index (χ0v) is 56.0. The second kappa shape index (κ2) is 63.0. The Bertz CT molecular complexity index is 1480. The maximum atomic E-state index is 2.69. The van der Waals surface area contributed by atoms with Crippen LogP contribution in [0.5, 0.6) is 0 Å². The third kappa shape index (κ3) is 53.6. The summed E-state index contributed by atoms with van der Waals surface area (Å²) in [6, 6.07) is 19.4. The van der Waals surface area contributed by atoms with Crippen LogP contribution in [0.4, 0.5) is 0 Å². The summed E-state index contributed by atoms with van der Waals surface area (Å²) in [6.07, 6.45) is 94.8. The molecule has 0 aliphatic rings. The molecule has 0 spiro atoms. The van der Waals surface area contributed by atoms with E-state index in [1.165, 1.54) is 410 Å². The van der Waals surface area contributed by atoms with Crippen LogP contribution < -0.4 is 0 Å². The molecule has 1 radical (unpaired) electrons. The van der Waals surface area contributed by atoms with Gasteiger partial charge in [-0.25, -0.2) is 0 Å². The van der Waals surface area contributed by atoms with Crippen LogP contribution >= 0.6 is 0 Å². The molecule has 0 saturated carbocycles. The van der Waals surface area contributed by atoms with Crippen LogP contribution in [-0.2, 0) is 25.7 Å². The van der Waals surface area contributed by atoms with E-state index in [-0.39, 0.29) is 0 Å². The average molecular weight is 1120 g/mol. The van der Waals surface area contributed by atoms with E-state index in [1.54, 1.807) is 16.7 Å². The molecule has 0 heteroatoms. The lowest BCUT2D eigenvalue weighted by Crippen LogP contribution is -2.08. The van der Waals surface area contributed by atoms with Crippen molar-refractivity contribution in [2.45, 2.75) is 432 Å². The van der Waals surface area contributed by atoms with Crippen LogP contribution in [0.3, 0.4) is 0 Å². The number of rotatable bonds is 67. The molecule has 471 valence electrons. The van der Waals surface area contributed by atoms with Crippen LogP contribution in [-0.4, -0.2) is 0 Å². The molecule has 2 rings (SSSR count). The lowest BCUT2D eigenvalue weighted by atomic mass is 9.87. The molecule has 1 atom stereocenters. The molecular weight excluding hydrogens is 973 g/mol. The Balaban J connectivity index is 1.40. The first-order chi connectivity index (χ1) is 40.2. The zero-order valence-electron chi connectivity index (χ0n) is 56.0. The van der Waals surface area contributed by atoms with Crippen molar-refractivity contribution in [2.24, 2.45) is 5.92 Å². The Morgan fingerprint density at radius 2 is 0.444 bits per heavy atom. The minimum atomic E-state index is 0.669. The van der Waals surface area contributed by atoms with Gasteiger partial charge in [0.25, 0.3) is 0 Å². The Morgan fingerprint density at radius 3 is 0.716 bits per heavy atom. The molecule has 2 aromatic carbocycles. The van der Waals surface area contributed by atoms with Crippen molar-refractivity contribution in [2.75, 3.05) is 0 Å². The SMILES string of the molecule is CCCCCCCCCCCCCCCCCCCCCCCCCCCCCCc1cccc(C[CH]C(CCCCC)Cc2cccc(CCCCCCCCCCCCCCCCCCCCCCCCCCCCCC)c2)c1. The van der Waals surface area contributed by atoms with Gasteiger partial charge in [-0.15, -0.1) is 0 Å². The fraction of sp³-hybridized carbons (Fsp3) is 0.840. The third-order valence-electron chi connectivity index (χ3n) is 19.0. The first kappa shape index (κ1) is 75.5. The first-order valence-corrected chi connectivity index (χ1v) is 38.2. The molecule has 0 amide bonds. The fourth-order valence-electron chi connectivity index (χ4n) is 13.4. The van der Waals surface area contributed by atoms with E-state index in [0.29, 0.717) is 5.92 Å². The van der Waals surface area contributed by atoms with Crippen molar-refractivity contribution in [3.8, 4) is 0 Å². The third-order valence-corrected chi connectivity index (χ3v) is 19.0. The van der Waals surface area contributed by atoms with Gasteiger partial charge in [-0.05, 0) is 79.5 Å². The fourth-order valence-corrected chi connectivity index (χ4v) is 13.4. The largest absolute Gasteiger partial charge is 0.0654 e. The van der Waals surface area contributed by atoms with Crippen molar-refractivity contribution in [3.63, 3.8) is 0 Å². The van der Waals surface area contributed by atoms with Crippen molar-refractivity contribution in [1.82, 2.24) is 0 Å². The molecule has 1 unspecified atom stereocenters. The van der Waals surface area contributed by atoms with E-state index in [1.807, 2.05) is 0 Å². The van der Waals surface area contributed by atoms with E-state index in [9.17, 15) is 0 Å². The molecule has 0 aromatic heterocycles. The summed E-state index contributed by atoms with van der Waals surface area (Å²) < 4.78 is 0. The van der Waals surface area contributed by atoms with Crippen molar-refractivity contribution < 1.29 is 0 Å². The molecule has 0 aliphatic heterocycles. The van der Waals surface area contributed by atoms with E-state index in [0.717, 1.165) is 6.42 Å². The summed E-state index contributed by atoms with van der Waals surface area (Å²) in [5.74, 6) is 0.669. The van der Waals surface area contributed by atoms with Gasteiger partial charge in [0.15, 0.2) is 0 Å². The van der Waals surface area contributed by atoms with Crippen molar-refractivity contribution in [1.29, 1.82) is 0 Å². The Hall–Kier alpha value is -1.56. The zero-order chi connectivity index (χ0) is 57.5. The van der Waals surface area contributed by atoms with Crippen molar-refractivity contribution in [3.05, 3.63) is 77.2 Å². The summed E-state index contributed by atoms with van der Waals surface area (Å²) in [4.78, 5) is 0. The highest BCUT2D eigenvalue weighted by atomic mass is 14.2. The number of unbranched alkanes of at least 4 members (excludes halogenated alkanes) is 56. The summed E-state index contributed by atoms with van der Waals surface area (Å²) in [5.41, 5.74) is 6.21. The maximum absolute atomic E-state index is 2.69. The lowest BCUT2D eigenvalue weighted by molar-refractivity contribution is 0.501. The van der Waals surface area contributed by atoms with Gasteiger partial charge < -0.3 is 0 Å². The second-order valence-electron chi connectivity index (χ2n) is 27.1. The highest BCUT2D eigenvalue weighted by molar-refractivity contribution is 5.27. The Morgan fingerprint density at radius 1 is 0.235 bits per heavy atom. The molecule has 0 aliphatic carbocycles. The predicted octanol–water partition coefficient (Wildman–Crippen LogP) is 28.8. The second-order valence-corrected chi connectivity index (χ2v) is 27.1. The molecule has 0 saturated heterocycles. The van der Waals surface area contributed by atoms with Crippen LogP contribution in [0.15, 0.2) is 48.5 Å². The maximum Gasteiger partial charge on any atom is -0.0245 e. The monoisotopic (exact) mass is 1120 g/mol. The van der Waals surface area contributed by atoms with Gasteiger partial charge in [0.1, 0.15) is 0 Å². The highest BCUT2D eigenvalue weighted by Crippen LogP contribution is 2.25. The van der Waals surface area contributed by atoms with E-state index < -0.39 is 0 Å². The molecular formula is C81H147. The van der Waals surface area contributed by atoms with Gasteiger partial charge in [0.2, 0.25) is 0 Å². The molecule has 2 aromatic rings. The average Bonchev–Trinajstić information content (AvgIpc) is 3.50. The minimum Gasteiger partial charge on any atom is -0.0654 e. The van der Waals surface area contributed by atoms with E-state index in [2.05, 4.69) is 75.7 Å². The van der Waals surface area contributed by atoms with Gasteiger partial charge in [0, 0.05) is 0 Å². The molecule has 0 nitrogen and oxygen atoms in total. The minimum absolute atomic E-state index is 0.669. The van der Waals surface area contributed by atoms with Crippen molar-refractivity contribution >= 4 is 0 Å². The Labute approximate surface area is 512 Å². The smallest absolute Gasteiger partial charge is 0.0245 e. The summed E-state index contributed by atoms with van der Waals surface area (Å²) in [5, 5.41) is 0. The normalized spacial score (nSPS) is 12.1. The topological polar surface area (TPSA) is 0 Å². The summed E-state index contributed by atoms with van der Waals surface area (Å²) >= 11 is 0. The number of hydrogen-bond donors (Lipinski definition) is 0. The molecule has 0 fully saturated rings. The molecule has 0 bridgehead atoms. The van der Waals surface area contributed by atoms with Gasteiger partial charge >= 0.3 is 0 Å². The predicted molar refractivity (Wildman–Crippen MR) is 370 cm³/mol. The summed E-state index contributed by atoms with van der Waals surface area (Å²) in [6.45, 7) is 6.98. The van der Waals surface area contributed by atoms with Gasteiger partial charge in [0.05, 0.1) is 0 Å². The summed E-state index contributed by atoms with van der Waals surface area (Å²) in [7, 11) is 0. The van der Waals surface area contributed by atoms with Gasteiger partial charge in [-0.2, -0.15) is 0 Å². The number of benzene rings is 2. The number of hydrogen-bond acceptors (Lipinski definition) is 0. The quantitative estimate of drug-likeness (QED) is 0.0579. The van der Waals surface area contributed by atoms with Crippen LogP contribution in [0.2, 0.25) is 0 Å². The van der Waals surface area contributed by atoms with Gasteiger partial charge in [-0.3, -0.25) is 0 Å². The molecule has 81 heavy (non-hydrogen) atoms. The molecule has 0 N–H and O–H groups in total. The highest BCUT2D eigenvalue weighted by Gasteiger charge is 2.12. The number of aryl methyl sites for hydroxylation is 2. The van der Waals surface area contributed by atoms with E-state index in [4.69, 9.17) is 0 Å². The first-order valence-electron chi connectivity index (χ1n) is 38.2. The van der Waals surface area contributed by atoms with Crippen LogP contribution in [0.25, 0.3) is 0 Å². The lowest BCUT2D eigenvalue weighted by Gasteiger charge is -2.18. The standard InChI is InChI=1S/C81H147/c1-4-7-10-12-14-16-18-20-22-24-26-28-30-32-34-36-38-40-42-44-46-48-50-52-54-56-58-61-66-77-68-63-70-80(74-77)73-72-79(65-60-9-6-3)76-81-71-64-69-78(75-81)67-62-59-57-55-53-51-49-47-45-43-41-39-37-35-33-31-29-27-25-23-21-19-17-15-13-11-8-5-2/h63-64,68-72,74-75,79H,4-62,65-67,73,76H2,1-3H3. The Kier molecular flexibility index (Phi) is 58.7. The van der Waals surface area contributed by atoms with Crippen LogP contribution in [0, 0.1) is 12.3 Å².